The van der Waals surface area contributed by atoms with Gasteiger partial charge in [0.05, 0.1) is 6.61 Å². The Morgan fingerprint density at radius 3 is 2.18 bits per heavy atom. The molecule has 0 aromatic carbocycles. The summed E-state index contributed by atoms with van der Waals surface area (Å²) in [6.45, 7) is 0.193. The van der Waals surface area contributed by atoms with E-state index in [1.54, 1.807) is 0 Å². The molecule has 5 N–H and O–H groups in total. The molecule has 0 aromatic rings. The summed E-state index contributed by atoms with van der Waals surface area (Å²) in [4.78, 5) is 29.3. The molecule has 0 spiro atoms. The van der Waals surface area contributed by atoms with E-state index in [1.165, 1.54) is 0 Å². The average molecular weight is 254 g/mol. The lowest BCUT2D eigenvalue weighted by Gasteiger charge is -2.19. The van der Waals surface area contributed by atoms with Gasteiger partial charge in [-0.2, -0.15) is 4.89 Å². The zero-order valence-electron chi connectivity index (χ0n) is 8.89. The number of carboxylic acids is 1. The minimum absolute atomic E-state index is 0.877. The number of hydrogen-bond acceptors (Lipinski definition) is 8. The van der Waals surface area contributed by atoms with Crippen molar-refractivity contribution in [2.75, 3.05) is 6.61 Å². The first kappa shape index (κ1) is 15.7. The summed E-state index contributed by atoms with van der Waals surface area (Å²) in [6.07, 6.45) is -7.34. The van der Waals surface area contributed by atoms with Gasteiger partial charge in [0, 0.05) is 0 Å². The number of carbonyl (C=O) groups excluding carboxylic acids is 1. The minimum Gasteiger partial charge on any atom is -0.479 e. The molecule has 0 radical (unpaired) electrons. The monoisotopic (exact) mass is 254 g/mol. The second-order valence-corrected chi connectivity index (χ2v) is 3.16. The molecule has 0 aliphatic rings. The smallest absolute Gasteiger partial charge is 0.373 e. The SMILES string of the molecule is CC(OOC(=O)[C@H](O)[C@@H](O)[C@H](O)CO)C(=O)O. The van der Waals surface area contributed by atoms with E-state index in [0.29, 0.717) is 0 Å². The Hall–Kier alpha value is -1.26. The van der Waals surface area contributed by atoms with Crippen molar-refractivity contribution in [2.24, 2.45) is 0 Å². The fourth-order valence-electron chi connectivity index (χ4n) is 0.668. The van der Waals surface area contributed by atoms with Gasteiger partial charge in [-0.25, -0.2) is 9.59 Å². The topological polar surface area (TPSA) is 154 Å². The maximum absolute atomic E-state index is 11.0. The van der Waals surface area contributed by atoms with Crippen LogP contribution in [-0.4, -0.2) is 68.5 Å². The maximum atomic E-state index is 11.0. The molecular formula is C8H14O9. The first-order chi connectivity index (χ1) is 7.81. The maximum Gasteiger partial charge on any atom is 0.373 e. The Balaban J connectivity index is 4.18. The highest BCUT2D eigenvalue weighted by molar-refractivity contribution is 5.75. The molecule has 1 unspecified atom stereocenters. The standard InChI is InChI=1S/C8H14O9/c1-3(7(13)14)16-17-8(15)6(12)5(11)4(10)2-9/h3-6,9-12H,2H2,1H3,(H,13,14)/t3?,4-,5+,6-/m1/s1. The third-order valence-electron chi connectivity index (χ3n) is 1.77. The molecule has 0 amide bonds. The zero-order valence-corrected chi connectivity index (χ0v) is 8.89. The molecule has 0 aliphatic heterocycles. The lowest BCUT2D eigenvalue weighted by molar-refractivity contribution is -0.300. The van der Waals surface area contributed by atoms with Gasteiger partial charge >= 0.3 is 11.9 Å². The summed E-state index contributed by atoms with van der Waals surface area (Å²) in [5.41, 5.74) is 0. The molecule has 100 valence electrons. The average Bonchev–Trinajstić information content (AvgIpc) is 2.32. The van der Waals surface area contributed by atoms with Gasteiger partial charge in [-0.1, -0.05) is 0 Å². The quantitative estimate of drug-likeness (QED) is 0.236. The van der Waals surface area contributed by atoms with Crippen molar-refractivity contribution >= 4 is 11.9 Å². The fraction of sp³-hybridized carbons (Fsp3) is 0.750. The number of aliphatic hydroxyl groups excluding tert-OH is 4. The van der Waals surface area contributed by atoms with E-state index in [9.17, 15) is 9.59 Å². The van der Waals surface area contributed by atoms with Crippen LogP contribution in [0.15, 0.2) is 0 Å². The van der Waals surface area contributed by atoms with E-state index in [-0.39, 0.29) is 0 Å². The lowest BCUT2D eigenvalue weighted by Crippen LogP contribution is -2.44. The Labute approximate surface area is 95.7 Å². The molecule has 9 heteroatoms. The summed E-state index contributed by atoms with van der Waals surface area (Å²) < 4.78 is 0. The first-order valence-electron chi connectivity index (χ1n) is 4.56. The number of carbonyl (C=O) groups is 2. The third-order valence-corrected chi connectivity index (χ3v) is 1.77. The molecule has 0 saturated carbocycles. The molecule has 0 rings (SSSR count). The van der Waals surface area contributed by atoms with Crippen LogP contribution in [0.25, 0.3) is 0 Å². The van der Waals surface area contributed by atoms with Crippen LogP contribution < -0.4 is 0 Å². The molecule has 9 nitrogen and oxygen atoms in total. The largest absolute Gasteiger partial charge is 0.479 e. The first-order valence-corrected chi connectivity index (χ1v) is 4.56. The summed E-state index contributed by atoms with van der Waals surface area (Å²) >= 11 is 0. The Morgan fingerprint density at radius 2 is 1.76 bits per heavy atom. The zero-order chi connectivity index (χ0) is 13.6. The molecule has 0 bridgehead atoms. The second kappa shape index (κ2) is 7.14. The Bertz CT molecular complexity index is 266. The second-order valence-electron chi connectivity index (χ2n) is 3.16. The molecule has 0 saturated heterocycles. The summed E-state index contributed by atoms with van der Waals surface area (Å²) in [5, 5.41) is 43.9. The summed E-state index contributed by atoms with van der Waals surface area (Å²) in [7, 11) is 0. The predicted molar refractivity (Wildman–Crippen MR) is 49.4 cm³/mol. The van der Waals surface area contributed by atoms with E-state index in [2.05, 4.69) is 9.78 Å². The molecule has 17 heavy (non-hydrogen) atoms. The van der Waals surface area contributed by atoms with E-state index in [0.717, 1.165) is 6.92 Å². The van der Waals surface area contributed by atoms with Gasteiger partial charge in [0.25, 0.3) is 0 Å². The van der Waals surface area contributed by atoms with Gasteiger partial charge < -0.3 is 25.5 Å². The number of rotatable bonds is 7. The van der Waals surface area contributed by atoms with Gasteiger partial charge in [0.15, 0.2) is 12.2 Å². The van der Waals surface area contributed by atoms with E-state index in [1.807, 2.05) is 0 Å². The molecule has 0 aliphatic carbocycles. The van der Waals surface area contributed by atoms with Crippen LogP contribution in [0.2, 0.25) is 0 Å². The molecule has 0 aromatic heterocycles. The highest BCUT2D eigenvalue weighted by Gasteiger charge is 2.32. The molecule has 0 fully saturated rings. The van der Waals surface area contributed by atoms with Gasteiger partial charge in [-0.15, -0.1) is 0 Å². The van der Waals surface area contributed by atoms with Crippen molar-refractivity contribution in [3.05, 3.63) is 0 Å². The Morgan fingerprint density at radius 1 is 1.24 bits per heavy atom. The van der Waals surface area contributed by atoms with Gasteiger partial charge in [-0.05, 0) is 6.92 Å². The van der Waals surface area contributed by atoms with Crippen molar-refractivity contribution in [3.63, 3.8) is 0 Å². The molecule has 4 atom stereocenters. The van der Waals surface area contributed by atoms with Crippen LogP contribution >= 0.6 is 0 Å². The van der Waals surface area contributed by atoms with Crippen molar-refractivity contribution in [3.8, 4) is 0 Å². The van der Waals surface area contributed by atoms with Crippen LogP contribution in [-0.2, 0) is 19.4 Å². The van der Waals surface area contributed by atoms with Crippen molar-refractivity contribution in [2.45, 2.75) is 31.3 Å². The predicted octanol–water partition coefficient (Wildman–Crippen LogP) is -2.99. The molecule has 0 heterocycles. The minimum atomic E-state index is -2.17. The lowest BCUT2D eigenvalue weighted by atomic mass is 10.1. The third kappa shape index (κ3) is 5.06. The molecular weight excluding hydrogens is 240 g/mol. The highest BCUT2D eigenvalue weighted by atomic mass is 17.2. The van der Waals surface area contributed by atoms with Gasteiger partial charge in [0.2, 0.25) is 0 Å². The summed E-state index contributed by atoms with van der Waals surface area (Å²) in [6, 6.07) is 0. The van der Waals surface area contributed by atoms with Crippen molar-refractivity contribution < 1.29 is 44.9 Å². The van der Waals surface area contributed by atoms with Crippen molar-refractivity contribution in [1.82, 2.24) is 0 Å². The van der Waals surface area contributed by atoms with Crippen LogP contribution in [0.3, 0.4) is 0 Å². The van der Waals surface area contributed by atoms with Crippen LogP contribution in [0.1, 0.15) is 6.92 Å². The van der Waals surface area contributed by atoms with Crippen LogP contribution in [0, 0.1) is 0 Å². The van der Waals surface area contributed by atoms with Crippen LogP contribution in [0.4, 0.5) is 0 Å². The van der Waals surface area contributed by atoms with E-state index >= 15 is 0 Å². The number of carboxylic acid groups (broad SMARTS) is 1. The van der Waals surface area contributed by atoms with Crippen molar-refractivity contribution in [1.29, 1.82) is 0 Å². The van der Waals surface area contributed by atoms with E-state index in [4.69, 9.17) is 25.5 Å². The summed E-state index contributed by atoms with van der Waals surface area (Å²) in [5.74, 6) is -2.89. The van der Waals surface area contributed by atoms with E-state index < -0.39 is 43.0 Å². The fourth-order valence-corrected chi connectivity index (χ4v) is 0.668. The number of hydrogen-bond donors (Lipinski definition) is 5. The number of aliphatic carboxylic acids is 1. The Kier molecular flexibility index (Phi) is 6.61. The van der Waals surface area contributed by atoms with Gasteiger partial charge in [0.1, 0.15) is 12.2 Å². The number of aliphatic hydroxyl groups is 4. The van der Waals surface area contributed by atoms with Crippen LogP contribution in [0.5, 0.6) is 0 Å². The van der Waals surface area contributed by atoms with Gasteiger partial charge in [-0.3, -0.25) is 4.89 Å². The highest BCUT2D eigenvalue weighted by Crippen LogP contribution is 2.03. The normalized spacial score (nSPS) is 17.9.